The zero-order chi connectivity index (χ0) is 47.7. The fraction of sp³-hybridized carbons (Fsp3) is 0.667. The topological polar surface area (TPSA) is 99.1 Å². The molecule has 2 unspecified atom stereocenters. The number of rotatable bonds is 45. The maximum absolute atomic E-state index is 12.8. The van der Waals surface area contributed by atoms with Gasteiger partial charge in [0.15, 0.2) is 12.1 Å². The Hall–Kier alpha value is -3.75. The zero-order valence-electron chi connectivity index (χ0n) is 42.2. The van der Waals surface area contributed by atoms with Gasteiger partial charge in [0.2, 0.25) is 0 Å². The Morgan fingerprint density at radius 1 is 0.492 bits per heavy atom. The molecular formula is C57H96NO7+. The number of carboxylic acids is 1. The minimum Gasteiger partial charge on any atom is -0.477 e. The SMILES string of the molecule is CC/C=C/C/C=C/C/C=C/C/C=C/C/C=C/C/C=C/CCCCCCC(=O)OC(COCCC(C(=O)O)[N+](C)(C)C)COC(=O)CCCCCCC/C=C/C=C/CCCCCCCCC. The Kier molecular flexibility index (Phi) is 44.1. The molecule has 0 saturated heterocycles. The van der Waals surface area contributed by atoms with E-state index in [1.807, 2.05) is 21.1 Å². The Morgan fingerprint density at radius 2 is 0.908 bits per heavy atom. The number of allylic oxidation sites excluding steroid dienone is 16. The largest absolute Gasteiger partial charge is 0.477 e. The lowest BCUT2D eigenvalue weighted by Gasteiger charge is -2.31. The number of nitrogens with zero attached hydrogens (tertiary/aromatic N) is 1. The van der Waals surface area contributed by atoms with Gasteiger partial charge in [-0.15, -0.1) is 0 Å². The van der Waals surface area contributed by atoms with Gasteiger partial charge in [-0.2, -0.15) is 0 Å². The predicted octanol–water partition coefficient (Wildman–Crippen LogP) is 15.0. The minimum atomic E-state index is -0.885. The van der Waals surface area contributed by atoms with Gasteiger partial charge in [0.05, 0.1) is 34.4 Å². The van der Waals surface area contributed by atoms with Gasteiger partial charge in [-0.25, -0.2) is 4.79 Å². The highest BCUT2D eigenvalue weighted by molar-refractivity contribution is 5.72. The van der Waals surface area contributed by atoms with Gasteiger partial charge in [-0.1, -0.05) is 182 Å². The summed E-state index contributed by atoms with van der Waals surface area (Å²) in [5.74, 6) is -1.53. The highest BCUT2D eigenvalue weighted by Gasteiger charge is 2.31. The Bertz CT molecular complexity index is 1380. The summed E-state index contributed by atoms with van der Waals surface area (Å²) in [4.78, 5) is 37.2. The molecule has 2 atom stereocenters. The van der Waals surface area contributed by atoms with Crippen LogP contribution in [0.1, 0.15) is 194 Å². The fourth-order valence-electron chi connectivity index (χ4n) is 7.03. The molecule has 0 aromatic heterocycles. The first-order valence-electron chi connectivity index (χ1n) is 25.8. The molecule has 0 amide bonds. The highest BCUT2D eigenvalue weighted by Crippen LogP contribution is 2.13. The molecule has 0 bridgehead atoms. The Labute approximate surface area is 398 Å². The second-order valence-electron chi connectivity index (χ2n) is 18.1. The van der Waals surface area contributed by atoms with Gasteiger partial charge in [-0.3, -0.25) is 9.59 Å². The van der Waals surface area contributed by atoms with Crippen molar-refractivity contribution in [2.75, 3.05) is 41.0 Å². The van der Waals surface area contributed by atoms with E-state index in [0.717, 1.165) is 109 Å². The number of ether oxygens (including phenoxy) is 3. The van der Waals surface area contributed by atoms with Crippen molar-refractivity contribution in [2.24, 2.45) is 0 Å². The molecule has 0 spiro atoms. The molecule has 0 aliphatic rings. The van der Waals surface area contributed by atoms with E-state index in [1.54, 1.807) is 0 Å². The first-order chi connectivity index (χ1) is 31.6. The standard InChI is InChI=1S/C57H95NO7/c1-6-8-10-12-14-16-18-20-22-24-26-27-28-29-30-32-34-36-38-40-42-44-46-48-56(60)65-53(51-63-50-49-54(57(61)62)58(3,4)5)52-64-55(59)47-45-43-41-39-37-35-33-31-25-23-21-19-17-15-13-11-9-7-2/h8,10,14,16,20,22-23,25-27,29-31,33-34,36,53-54H,6-7,9,11-13,15,17-19,21,24,28,32,35,37-52H2,1-5H3/p+1/b10-8+,16-14+,22-20+,25-23+,27-26+,30-29+,33-31+,36-34+. The van der Waals surface area contributed by atoms with Gasteiger partial charge in [0.1, 0.15) is 6.61 Å². The number of carboxylic acid groups (broad SMARTS) is 1. The van der Waals surface area contributed by atoms with Crippen molar-refractivity contribution in [1.82, 2.24) is 0 Å². The van der Waals surface area contributed by atoms with Crippen LogP contribution in [0.3, 0.4) is 0 Å². The van der Waals surface area contributed by atoms with E-state index in [0.29, 0.717) is 19.3 Å². The normalized spacial score (nSPS) is 13.7. The fourth-order valence-corrected chi connectivity index (χ4v) is 7.03. The van der Waals surface area contributed by atoms with E-state index in [1.165, 1.54) is 51.4 Å². The summed E-state index contributed by atoms with van der Waals surface area (Å²) in [5, 5.41) is 9.66. The van der Waals surface area contributed by atoms with Gasteiger partial charge in [0.25, 0.3) is 0 Å². The summed E-state index contributed by atoms with van der Waals surface area (Å²) in [6.07, 6.45) is 63.1. The third-order valence-corrected chi connectivity index (χ3v) is 11.0. The van der Waals surface area contributed by atoms with Crippen LogP contribution in [-0.4, -0.2) is 80.6 Å². The van der Waals surface area contributed by atoms with E-state index in [9.17, 15) is 19.5 Å². The molecule has 0 aliphatic heterocycles. The van der Waals surface area contributed by atoms with Gasteiger partial charge in [0, 0.05) is 19.3 Å². The van der Waals surface area contributed by atoms with Gasteiger partial charge in [-0.05, 0) is 89.9 Å². The molecule has 0 rings (SSSR count). The van der Waals surface area contributed by atoms with Crippen molar-refractivity contribution in [3.8, 4) is 0 Å². The molecule has 0 aromatic rings. The van der Waals surface area contributed by atoms with Crippen LogP contribution in [0.5, 0.6) is 0 Å². The van der Waals surface area contributed by atoms with Crippen molar-refractivity contribution in [1.29, 1.82) is 0 Å². The smallest absolute Gasteiger partial charge is 0.362 e. The summed E-state index contributed by atoms with van der Waals surface area (Å²) < 4.78 is 17.3. The second-order valence-corrected chi connectivity index (χ2v) is 18.1. The van der Waals surface area contributed by atoms with Crippen LogP contribution in [0.15, 0.2) is 97.2 Å². The van der Waals surface area contributed by atoms with Crippen LogP contribution >= 0.6 is 0 Å². The third-order valence-electron chi connectivity index (χ3n) is 11.0. The molecule has 0 saturated carbocycles. The number of carbonyl (C=O) groups excluding carboxylic acids is 2. The number of unbranched alkanes of at least 4 members (excludes halogenated alkanes) is 16. The average Bonchev–Trinajstić information content (AvgIpc) is 3.27. The van der Waals surface area contributed by atoms with Crippen molar-refractivity contribution in [3.05, 3.63) is 97.2 Å². The molecule has 8 heteroatoms. The summed E-state index contributed by atoms with van der Waals surface area (Å²) >= 11 is 0. The van der Waals surface area contributed by atoms with Gasteiger partial charge >= 0.3 is 17.9 Å². The molecule has 0 heterocycles. The Balaban J connectivity index is 4.37. The summed E-state index contributed by atoms with van der Waals surface area (Å²) in [7, 11) is 5.51. The van der Waals surface area contributed by atoms with Crippen molar-refractivity contribution >= 4 is 17.9 Å². The van der Waals surface area contributed by atoms with E-state index in [4.69, 9.17) is 14.2 Å². The van der Waals surface area contributed by atoms with E-state index >= 15 is 0 Å². The quantitative estimate of drug-likeness (QED) is 0.0214. The summed E-state index contributed by atoms with van der Waals surface area (Å²) in [5.41, 5.74) is 0. The third kappa shape index (κ3) is 45.2. The van der Waals surface area contributed by atoms with Crippen LogP contribution in [0.25, 0.3) is 0 Å². The molecule has 8 nitrogen and oxygen atoms in total. The molecule has 0 aromatic carbocycles. The van der Waals surface area contributed by atoms with Crippen molar-refractivity contribution < 1.29 is 38.2 Å². The molecule has 0 radical (unpaired) electrons. The molecular weight excluding hydrogens is 811 g/mol. The maximum Gasteiger partial charge on any atom is 0.362 e. The van der Waals surface area contributed by atoms with E-state index < -0.39 is 18.1 Å². The lowest BCUT2D eigenvalue weighted by molar-refractivity contribution is -0.887. The summed E-state index contributed by atoms with van der Waals surface area (Å²) in [6.45, 7) is 4.57. The first kappa shape index (κ1) is 61.2. The predicted molar refractivity (Wildman–Crippen MR) is 275 cm³/mol. The van der Waals surface area contributed by atoms with Crippen molar-refractivity contribution in [3.63, 3.8) is 0 Å². The maximum atomic E-state index is 12.8. The van der Waals surface area contributed by atoms with Crippen LogP contribution in [0.4, 0.5) is 0 Å². The lowest BCUT2D eigenvalue weighted by Crippen LogP contribution is -2.50. The van der Waals surface area contributed by atoms with Gasteiger partial charge < -0.3 is 23.8 Å². The average molecular weight is 907 g/mol. The van der Waals surface area contributed by atoms with Crippen molar-refractivity contribution in [2.45, 2.75) is 206 Å². The number of hydrogen-bond donors (Lipinski definition) is 1. The Morgan fingerprint density at radius 3 is 1.37 bits per heavy atom. The number of carbonyl (C=O) groups is 3. The molecule has 0 fully saturated rings. The molecule has 65 heavy (non-hydrogen) atoms. The number of esters is 2. The minimum absolute atomic E-state index is 0.0396. The number of hydrogen-bond acceptors (Lipinski definition) is 6. The number of aliphatic carboxylic acids is 1. The molecule has 370 valence electrons. The summed E-state index contributed by atoms with van der Waals surface area (Å²) in [6, 6.07) is -0.629. The van der Waals surface area contributed by atoms with Crippen LogP contribution in [0, 0.1) is 0 Å². The van der Waals surface area contributed by atoms with E-state index in [-0.39, 0.29) is 36.2 Å². The monoisotopic (exact) mass is 907 g/mol. The number of quaternary nitrogens is 1. The van der Waals surface area contributed by atoms with Crippen LogP contribution in [-0.2, 0) is 28.6 Å². The lowest BCUT2D eigenvalue weighted by atomic mass is 10.1. The van der Waals surface area contributed by atoms with Crippen LogP contribution < -0.4 is 0 Å². The highest BCUT2D eigenvalue weighted by atomic mass is 16.6. The molecule has 1 N–H and O–H groups in total. The first-order valence-corrected chi connectivity index (χ1v) is 25.8. The zero-order valence-corrected chi connectivity index (χ0v) is 42.2. The second kappa shape index (κ2) is 46.8. The van der Waals surface area contributed by atoms with E-state index in [2.05, 4.69) is 111 Å². The number of likely N-dealkylation sites (N-methyl/N-ethyl adjacent to an activating group) is 1. The molecule has 0 aliphatic carbocycles. The van der Waals surface area contributed by atoms with Crippen LogP contribution in [0.2, 0.25) is 0 Å².